The second-order valence-electron chi connectivity index (χ2n) is 4.56. The van der Waals surface area contributed by atoms with Gasteiger partial charge in [-0.1, -0.05) is 0 Å². The lowest BCUT2D eigenvalue weighted by molar-refractivity contribution is -0.144. The number of amides is 1. The third-order valence-corrected chi connectivity index (χ3v) is 3.49. The highest BCUT2D eigenvalue weighted by atomic mass is 16.4. The van der Waals surface area contributed by atoms with E-state index in [0.717, 1.165) is 6.42 Å². The molecule has 1 aliphatic rings. The van der Waals surface area contributed by atoms with E-state index in [1.807, 2.05) is 0 Å². The normalized spacial score (nSPS) is 23.7. The van der Waals surface area contributed by atoms with Crippen LogP contribution in [0.2, 0.25) is 0 Å². The molecule has 1 saturated heterocycles. The zero-order chi connectivity index (χ0) is 13.1. The second kappa shape index (κ2) is 5.16. The van der Waals surface area contributed by atoms with Crippen molar-refractivity contribution < 1.29 is 14.7 Å². The molecule has 5 nitrogen and oxygen atoms in total. The Morgan fingerprint density at radius 1 is 1.39 bits per heavy atom. The smallest absolute Gasteiger partial charge is 0.308 e. The summed E-state index contributed by atoms with van der Waals surface area (Å²) in [6, 6.07) is 3.04. The maximum absolute atomic E-state index is 12.3. The number of piperidine rings is 1. The minimum absolute atomic E-state index is 0.115. The molecule has 2 rings (SSSR count). The monoisotopic (exact) mass is 248 g/mol. The minimum atomic E-state index is -0.824. The van der Waals surface area contributed by atoms with Gasteiger partial charge in [0.05, 0.1) is 5.92 Å². The molecular weight excluding hydrogens is 232 g/mol. The third kappa shape index (κ3) is 2.34. The van der Waals surface area contributed by atoms with Gasteiger partial charge in [0.1, 0.15) is 0 Å². The van der Waals surface area contributed by atoms with Crippen molar-refractivity contribution in [2.24, 2.45) is 5.92 Å². The maximum Gasteiger partial charge on any atom is 0.308 e. The lowest BCUT2D eigenvalue weighted by Gasteiger charge is -2.37. The average Bonchev–Trinajstić information content (AvgIpc) is 2.39. The highest BCUT2D eigenvalue weighted by molar-refractivity contribution is 5.94. The summed E-state index contributed by atoms with van der Waals surface area (Å²) in [5.74, 6) is -1.41. The predicted molar refractivity (Wildman–Crippen MR) is 65.1 cm³/mol. The number of hydrogen-bond donors (Lipinski definition) is 1. The summed E-state index contributed by atoms with van der Waals surface area (Å²) in [6.45, 7) is 2.42. The summed E-state index contributed by atoms with van der Waals surface area (Å²) in [7, 11) is 0. The first kappa shape index (κ1) is 12.5. The Morgan fingerprint density at radius 3 is 2.67 bits per heavy atom. The van der Waals surface area contributed by atoms with E-state index in [0.29, 0.717) is 18.5 Å². The van der Waals surface area contributed by atoms with E-state index in [9.17, 15) is 9.59 Å². The molecule has 0 aromatic carbocycles. The Balaban J connectivity index is 2.18. The van der Waals surface area contributed by atoms with Crippen LogP contribution in [0.1, 0.15) is 30.1 Å². The minimum Gasteiger partial charge on any atom is -0.481 e. The lowest BCUT2D eigenvalue weighted by atomic mass is 9.90. The number of hydrogen-bond acceptors (Lipinski definition) is 3. The highest BCUT2D eigenvalue weighted by Gasteiger charge is 2.35. The van der Waals surface area contributed by atoms with Crippen molar-refractivity contribution in [3.05, 3.63) is 30.1 Å². The zero-order valence-corrected chi connectivity index (χ0v) is 10.2. The number of pyridine rings is 1. The molecule has 1 aromatic rings. The van der Waals surface area contributed by atoms with Crippen molar-refractivity contribution in [3.63, 3.8) is 0 Å². The Hall–Kier alpha value is -1.91. The van der Waals surface area contributed by atoms with E-state index in [-0.39, 0.29) is 11.9 Å². The molecule has 0 saturated carbocycles. The molecule has 0 unspecified atom stereocenters. The van der Waals surface area contributed by atoms with Crippen LogP contribution in [0, 0.1) is 5.92 Å². The summed E-state index contributed by atoms with van der Waals surface area (Å²) in [4.78, 5) is 28.9. The van der Waals surface area contributed by atoms with Gasteiger partial charge >= 0.3 is 5.97 Å². The van der Waals surface area contributed by atoms with Crippen LogP contribution in [0.5, 0.6) is 0 Å². The SMILES string of the molecule is C[C@@H]1[C@H](C(=O)O)CCCN1C(=O)c1ccncc1. The number of rotatable bonds is 2. The van der Waals surface area contributed by atoms with Crippen LogP contribution < -0.4 is 0 Å². The van der Waals surface area contributed by atoms with Crippen LogP contribution in [0.4, 0.5) is 0 Å². The van der Waals surface area contributed by atoms with E-state index in [1.165, 1.54) is 0 Å². The first-order valence-corrected chi connectivity index (χ1v) is 6.05. The second-order valence-corrected chi connectivity index (χ2v) is 4.56. The van der Waals surface area contributed by atoms with Gasteiger partial charge in [-0.05, 0) is 31.9 Å². The first-order valence-electron chi connectivity index (χ1n) is 6.05. The molecule has 1 aliphatic heterocycles. The Kier molecular flexibility index (Phi) is 3.60. The molecule has 18 heavy (non-hydrogen) atoms. The van der Waals surface area contributed by atoms with Crippen LogP contribution in [0.25, 0.3) is 0 Å². The number of nitrogens with zero attached hydrogens (tertiary/aromatic N) is 2. The lowest BCUT2D eigenvalue weighted by Crippen LogP contribution is -2.49. The van der Waals surface area contributed by atoms with Gasteiger partial charge in [-0.3, -0.25) is 14.6 Å². The van der Waals surface area contributed by atoms with Crippen LogP contribution >= 0.6 is 0 Å². The molecule has 2 heterocycles. The maximum atomic E-state index is 12.3. The first-order chi connectivity index (χ1) is 8.61. The number of carbonyl (C=O) groups excluding carboxylic acids is 1. The molecule has 1 fully saturated rings. The third-order valence-electron chi connectivity index (χ3n) is 3.49. The fourth-order valence-electron chi connectivity index (χ4n) is 2.42. The highest BCUT2D eigenvalue weighted by Crippen LogP contribution is 2.25. The van der Waals surface area contributed by atoms with Crippen LogP contribution in [-0.4, -0.2) is 39.5 Å². The largest absolute Gasteiger partial charge is 0.481 e. The quantitative estimate of drug-likeness (QED) is 0.859. The van der Waals surface area contributed by atoms with Gasteiger partial charge in [-0.25, -0.2) is 0 Å². The van der Waals surface area contributed by atoms with Crippen LogP contribution in [-0.2, 0) is 4.79 Å². The van der Waals surface area contributed by atoms with Gasteiger partial charge in [0.15, 0.2) is 0 Å². The van der Waals surface area contributed by atoms with Gasteiger partial charge in [0.2, 0.25) is 0 Å². The molecule has 0 spiro atoms. The summed E-state index contributed by atoms with van der Waals surface area (Å²) in [6.07, 6.45) is 4.50. The van der Waals surface area contributed by atoms with E-state index in [4.69, 9.17) is 5.11 Å². The molecule has 1 amide bonds. The van der Waals surface area contributed by atoms with Gasteiger partial charge < -0.3 is 10.0 Å². The van der Waals surface area contributed by atoms with Crippen molar-refractivity contribution in [1.29, 1.82) is 0 Å². The van der Waals surface area contributed by atoms with Crippen molar-refractivity contribution in [3.8, 4) is 0 Å². The standard InChI is InChI=1S/C13H16N2O3/c1-9-11(13(17)18)3-2-8-15(9)12(16)10-4-6-14-7-5-10/h4-7,9,11H,2-3,8H2,1H3,(H,17,18)/t9-,11-/m1/s1. The van der Waals surface area contributed by atoms with E-state index in [1.54, 1.807) is 36.4 Å². The molecular formula is C13H16N2O3. The average molecular weight is 248 g/mol. The Morgan fingerprint density at radius 2 is 2.06 bits per heavy atom. The molecule has 0 aliphatic carbocycles. The van der Waals surface area contributed by atoms with Crippen molar-refractivity contribution in [1.82, 2.24) is 9.88 Å². The van der Waals surface area contributed by atoms with Crippen molar-refractivity contribution in [2.75, 3.05) is 6.54 Å². The van der Waals surface area contributed by atoms with Crippen molar-refractivity contribution in [2.45, 2.75) is 25.8 Å². The number of aliphatic carboxylic acids is 1. The van der Waals surface area contributed by atoms with Gasteiger partial charge in [0, 0.05) is 30.5 Å². The summed E-state index contributed by atoms with van der Waals surface area (Å²) in [5, 5.41) is 9.13. The van der Waals surface area contributed by atoms with Gasteiger partial charge in [-0.15, -0.1) is 0 Å². The van der Waals surface area contributed by atoms with E-state index in [2.05, 4.69) is 4.98 Å². The van der Waals surface area contributed by atoms with E-state index >= 15 is 0 Å². The van der Waals surface area contributed by atoms with Crippen LogP contribution in [0.15, 0.2) is 24.5 Å². The fourth-order valence-corrected chi connectivity index (χ4v) is 2.42. The van der Waals surface area contributed by atoms with Crippen LogP contribution in [0.3, 0.4) is 0 Å². The molecule has 2 atom stereocenters. The molecule has 1 aromatic heterocycles. The molecule has 0 bridgehead atoms. The molecule has 1 N–H and O–H groups in total. The molecule has 0 radical (unpaired) electrons. The predicted octanol–water partition coefficient (Wildman–Crippen LogP) is 1.41. The molecule has 96 valence electrons. The van der Waals surface area contributed by atoms with Crippen molar-refractivity contribution >= 4 is 11.9 Å². The zero-order valence-electron chi connectivity index (χ0n) is 10.2. The van der Waals surface area contributed by atoms with Gasteiger partial charge in [-0.2, -0.15) is 0 Å². The summed E-state index contributed by atoms with van der Waals surface area (Å²) >= 11 is 0. The summed E-state index contributed by atoms with van der Waals surface area (Å²) in [5.41, 5.74) is 0.558. The number of carboxylic acids is 1. The summed E-state index contributed by atoms with van der Waals surface area (Å²) < 4.78 is 0. The van der Waals surface area contributed by atoms with E-state index < -0.39 is 11.9 Å². The topological polar surface area (TPSA) is 70.5 Å². The number of aromatic nitrogens is 1. The Bertz CT molecular complexity index is 447. The number of carbonyl (C=O) groups is 2. The number of carboxylic acid groups (broad SMARTS) is 1. The van der Waals surface area contributed by atoms with Gasteiger partial charge in [0.25, 0.3) is 5.91 Å². The fraction of sp³-hybridized carbons (Fsp3) is 0.462. The Labute approximate surface area is 105 Å². The molecule has 5 heteroatoms. The number of likely N-dealkylation sites (tertiary alicyclic amines) is 1.